The van der Waals surface area contributed by atoms with Crippen LogP contribution in [0.15, 0.2) is 61.4 Å². The van der Waals surface area contributed by atoms with Crippen molar-refractivity contribution in [1.29, 1.82) is 0 Å². The topological polar surface area (TPSA) is 56.5 Å². The highest BCUT2D eigenvalue weighted by Gasteiger charge is 2.30. The van der Waals surface area contributed by atoms with E-state index in [9.17, 15) is 13.2 Å². The van der Waals surface area contributed by atoms with Crippen LogP contribution in [0, 0.1) is 0 Å². The first-order valence-corrected chi connectivity index (χ1v) is 7.74. The molecule has 0 N–H and O–H groups in total. The number of nitrogens with zero attached hydrogens (tertiary/aromatic N) is 5. The molecule has 0 bridgehead atoms. The Kier molecular flexibility index (Phi) is 3.87. The lowest BCUT2D eigenvalue weighted by molar-refractivity contribution is -0.137. The molecule has 0 atom stereocenters. The minimum absolute atomic E-state index is 0.443. The predicted molar refractivity (Wildman–Crippen MR) is 89.1 cm³/mol. The number of aromatic nitrogens is 5. The summed E-state index contributed by atoms with van der Waals surface area (Å²) in [5, 5.41) is 4.30. The van der Waals surface area contributed by atoms with Crippen LogP contribution in [0.25, 0.3) is 22.2 Å². The summed E-state index contributed by atoms with van der Waals surface area (Å²) in [6, 6.07) is 6.98. The first kappa shape index (κ1) is 16.2. The van der Waals surface area contributed by atoms with Gasteiger partial charge in [0.15, 0.2) is 0 Å². The molecule has 130 valence electrons. The molecule has 0 aliphatic heterocycles. The molecule has 26 heavy (non-hydrogen) atoms. The van der Waals surface area contributed by atoms with Crippen LogP contribution in [0.1, 0.15) is 11.1 Å². The molecule has 0 radical (unpaired) electrons. The van der Waals surface area contributed by atoms with Crippen LogP contribution in [0.3, 0.4) is 0 Å². The maximum absolute atomic E-state index is 13.0. The van der Waals surface area contributed by atoms with Gasteiger partial charge in [-0.25, -0.2) is 9.97 Å². The molecule has 0 amide bonds. The molecule has 1 aromatic carbocycles. The van der Waals surface area contributed by atoms with Gasteiger partial charge in [0.05, 0.1) is 23.8 Å². The van der Waals surface area contributed by atoms with Gasteiger partial charge in [0.25, 0.3) is 0 Å². The highest BCUT2D eigenvalue weighted by Crippen LogP contribution is 2.32. The van der Waals surface area contributed by atoms with E-state index >= 15 is 0 Å². The smallest absolute Gasteiger partial charge is 0.259 e. The van der Waals surface area contributed by atoms with E-state index in [1.807, 2.05) is 0 Å². The van der Waals surface area contributed by atoms with Crippen LogP contribution in [0.2, 0.25) is 0 Å². The average Bonchev–Trinajstić information content (AvgIpc) is 3.04. The summed E-state index contributed by atoms with van der Waals surface area (Å²) in [7, 11) is 0. The summed E-state index contributed by atoms with van der Waals surface area (Å²) in [6.45, 7) is 0.443. The Labute approximate surface area is 146 Å². The minimum atomic E-state index is -4.39. The van der Waals surface area contributed by atoms with Gasteiger partial charge in [-0.1, -0.05) is 12.1 Å². The molecule has 4 aromatic rings. The van der Waals surface area contributed by atoms with E-state index in [2.05, 4.69) is 20.1 Å². The fraction of sp³-hybridized carbons (Fsp3) is 0.111. The van der Waals surface area contributed by atoms with Gasteiger partial charge in [-0.05, 0) is 23.8 Å². The lowest BCUT2D eigenvalue weighted by Gasteiger charge is -2.09. The zero-order valence-corrected chi connectivity index (χ0v) is 13.4. The Morgan fingerprint density at radius 1 is 0.923 bits per heavy atom. The second kappa shape index (κ2) is 6.21. The van der Waals surface area contributed by atoms with Crippen LogP contribution in [-0.2, 0) is 12.7 Å². The number of alkyl halides is 3. The number of halogens is 3. The van der Waals surface area contributed by atoms with E-state index in [1.165, 1.54) is 12.4 Å². The monoisotopic (exact) mass is 355 g/mol. The zero-order valence-electron chi connectivity index (χ0n) is 13.4. The maximum Gasteiger partial charge on any atom is 0.416 e. The van der Waals surface area contributed by atoms with Gasteiger partial charge in [0.1, 0.15) is 11.8 Å². The van der Waals surface area contributed by atoms with E-state index in [1.54, 1.807) is 41.6 Å². The first-order valence-electron chi connectivity index (χ1n) is 7.74. The number of hydrogen-bond acceptors (Lipinski definition) is 4. The van der Waals surface area contributed by atoms with E-state index in [-0.39, 0.29) is 0 Å². The molecule has 3 heterocycles. The molecule has 0 unspecified atom stereocenters. The number of rotatable bonds is 3. The summed E-state index contributed by atoms with van der Waals surface area (Å²) >= 11 is 0. The Bertz CT molecular complexity index is 1060. The molecule has 4 rings (SSSR count). The molecule has 0 saturated carbocycles. The van der Waals surface area contributed by atoms with Crippen molar-refractivity contribution in [3.05, 3.63) is 72.6 Å². The van der Waals surface area contributed by atoms with E-state index < -0.39 is 11.7 Å². The van der Waals surface area contributed by atoms with E-state index in [4.69, 9.17) is 0 Å². The molecular weight excluding hydrogens is 343 g/mol. The second-order valence-electron chi connectivity index (χ2n) is 5.76. The maximum atomic E-state index is 13.0. The highest BCUT2D eigenvalue weighted by atomic mass is 19.4. The molecule has 0 aliphatic rings. The number of benzene rings is 1. The summed E-state index contributed by atoms with van der Waals surface area (Å²) in [5.41, 5.74) is 2.60. The van der Waals surface area contributed by atoms with Crippen molar-refractivity contribution in [2.75, 3.05) is 0 Å². The average molecular weight is 355 g/mol. The Balaban J connectivity index is 1.75. The van der Waals surface area contributed by atoms with Crippen LogP contribution in [0.5, 0.6) is 0 Å². The zero-order chi connectivity index (χ0) is 18.1. The number of hydrogen-bond donors (Lipinski definition) is 0. The Morgan fingerprint density at radius 3 is 2.50 bits per heavy atom. The van der Waals surface area contributed by atoms with Crippen molar-refractivity contribution >= 4 is 11.0 Å². The predicted octanol–water partition coefficient (Wildman–Crippen LogP) is 3.96. The number of fused-ring (bicyclic) bond motifs is 1. The lowest BCUT2D eigenvalue weighted by Crippen LogP contribution is -2.04. The summed E-state index contributed by atoms with van der Waals surface area (Å²) < 4.78 is 40.6. The van der Waals surface area contributed by atoms with E-state index in [0.717, 1.165) is 23.2 Å². The summed E-state index contributed by atoms with van der Waals surface area (Å²) in [5.74, 6) is 0. The SMILES string of the molecule is FC(F)(F)c1cccc(-c2cnc3cnn(Cc4cncnc4)c3c2)c1. The standard InChI is InChI=1S/C18H12F3N5/c19-18(20,21)15-3-1-2-13(4-15)14-5-17-16(24-8-14)9-25-26(17)10-12-6-22-11-23-7-12/h1-9,11H,10H2. The van der Waals surface area contributed by atoms with Crippen molar-refractivity contribution < 1.29 is 13.2 Å². The van der Waals surface area contributed by atoms with Crippen molar-refractivity contribution in [2.24, 2.45) is 0 Å². The van der Waals surface area contributed by atoms with Gasteiger partial charge < -0.3 is 0 Å². The van der Waals surface area contributed by atoms with Crippen molar-refractivity contribution in [1.82, 2.24) is 24.7 Å². The second-order valence-corrected chi connectivity index (χ2v) is 5.76. The highest BCUT2D eigenvalue weighted by molar-refractivity contribution is 5.80. The van der Waals surface area contributed by atoms with Crippen LogP contribution < -0.4 is 0 Å². The van der Waals surface area contributed by atoms with E-state index in [0.29, 0.717) is 23.2 Å². The summed E-state index contributed by atoms with van der Waals surface area (Å²) in [4.78, 5) is 12.3. The molecule has 0 aliphatic carbocycles. The largest absolute Gasteiger partial charge is 0.416 e. The normalized spacial score (nSPS) is 11.8. The van der Waals surface area contributed by atoms with Crippen molar-refractivity contribution in [3.8, 4) is 11.1 Å². The Hall–Kier alpha value is -3.29. The molecule has 8 heteroatoms. The van der Waals surface area contributed by atoms with Gasteiger partial charge in [-0.2, -0.15) is 18.3 Å². The van der Waals surface area contributed by atoms with Crippen LogP contribution in [0.4, 0.5) is 13.2 Å². The molecular formula is C18H12F3N5. The third-order valence-corrected chi connectivity index (χ3v) is 3.96. The van der Waals surface area contributed by atoms with Gasteiger partial charge in [-0.3, -0.25) is 9.67 Å². The van der Waals surface area contributed by atoms with Gasteiger partial charge in [-0.15, -0.1) is 0 Å². The minimum Gasteiger partial charge on any atom is -0.259 e. The van der Waals surface area contributed by atoms with Gasteiger partial charge >= 0.3 is 6.18 Å². The molecule has 0 spiro atoms. The van der Waals surface area contributed by atoms with Crippen molar-refractivity contribution in [2.45, 2.75) is 12.7 Å². The van der Waals surface area contributed by atoms with Crippen molar-refractivity contribution in [3.63, 3.8) is 0 Å². The third kappa shape index (κ3) is 3.13. The Morgan fingerprint density at radius 2 is 1.73 bits per heavy atom. The fourth-order valence-corrected chi connectivity index (χ4v) is 2.70. The first-order chi connectivity index (χ1) is 12.5. The number of pyridine rings is 1. The lowest BCUT2D eigenvalue weighted by atomic mass is 10.0. The summed E-state index contributed by atoms with van der Waals surface area (Å²) in [6.07, 6.45) is 3.60. The quantitative estimate of drug-likeness (QED) is 0.558. The van der Waals surface area contributed by atoms with Gasteiger partial charge in [0, 0.05) is 29.7 Å². The fourth-order valence-electron chi connectivity index (χ4n) is 2.70. The third-order valence-electron chi connectivity index (χ3n) is 3.96. The molecule has 0 fully saturated rings. The van der Waals surface area contributed by atoms with Gasteiger partial charge in [0.2, 0.25) is 0 Å². The molecule has 5 nitrogen and oxygen atoms in total. The van der Waals surface area contributed by atoms with Crippen LogP contribution in [-0.4, -0.2) is 24.7 Å². The molecule has 0 saturated heterocycles. The molecule has 3 aromatic heterocycles. The van der Waals surface area contributed by atoms with Crippen LogP contribution >= 0.6 is 0 Å².